The van der Waals surface area contributed by atoms with Crippen molar-refractivity contribution in [3.05, 3.63) is 0 Å². The molecule has 0 aromatic carbocycles. The molecule has 0 aromatic rings. The maximum Gasteiger partial charge on any atom is 0.221 e. The summed E-state index contributed by atoms with van der Waals surface area (Å²) >= 11 is 0. The molecule has 88 valence electrons. The first kappa shape index (κ1) is 12.5. The van der Waals surface area contributed by atoms with Crippen LogP contribution in [-0.4, -0.2) is 37.6 Å². The van der Waals surface area contributed by atoms with E-state index in [0.717, 1.165) is 19.6 Å². The molecular weight excluding hydrogens is 190 g/mol. The first-order valence-corrected chi connectivity index (χ1v) is 5.92. The molecule has 0 bridgehead atoms. The Morgan fingerprint density at radius 1 is 1.40 bits per heavy atom. The Balaban J connectivity index is 2.02. The van der Waals surface area contributed by atoms with Crippen LogP contribution in [0, 0.1) is 0 Å². The fraction of sp³-hybridized carbons (Fsp3) is 0.909. The van der Waals surface area contributed by atoms with Gasteiger partial charge in [0, 0.05) is 25.0 Å². The Kier molecular flexibility index (Phi) is 5.65. The molecule has 0 unspecified atom stereocenters. The SMILES string of the molecule is CC(C)NC(=O)CCNC1CCNCC1. The van der Waals surface area contributed by atoms with Crippen molar-refractivity contribution in [2.45, 2.75) is 45.2 Å². The van der Waals surface area contributed by atoms with Crippen LogP contribution in [0.25, 0.3) is 0 Å². The van der Waals surface area contributed by atoms with E-state index in [1.165, 1.54) is 12.8 Å². The molecule has 1 saturated heterocycles. The Labute approximate surface area is 92.2 Å². The van der Waals surface area contributed by atoms with Crippen molar-refractivity contribution >= 4 is 5.91 Å². The van der Waals surface area contributed by atoms with Crippen LogP contribution in [0.1, 0.15) is 33.1 Å². The highest BCUT2D eigenvalue weighted by Gasteiger charge is 2.12. The van der Waals surface area contributed by atoms with Gasteiger partial charge < -0.3 is 16.0 Å². The van der Waals surface area contributed by atoms with E-state index >= 15 is 0 Å². The van der Waals surface area contributed by atoms with Crippen LogP contribution in [0.2, 0.25) is 0 Å². The number of carbonyl (C=O) groups is 1. The number of nitrogens with one attached hydrogen (secondary N) is 3. The Hall–Kier alpha value is -0.610. The van der Waals surface area contributed by atoms with E-state index in [4.69, 9.17) is 0 Å². The van der Waals surface area contributed by atoms with Gasteiger partial charge in [0.15, 0.2) is 0 Å². The van der Waals surface area contributed by atoms with E-state index in [1.807, 2.05) is 13.8 Å². The average Bonchev–Trinajstić information content (AvgIpc) is 2.18. The van der Waals surface area contributed by atoms with Crippen molar-refractivity contribution < 1.29 is 4.79 Å². The molecule has 1 rings (SSSR count). The molecule has 0 aliphatic carbocycles. The standard InChI is InChI=1S/C11H23N3O/c1-9(2)14-11(15)5-8-13-10-3-6-12-7-4-10/h9-10,12-13H,3-8H2,1-2H3,(H,14,15). The minimum Gasteiger partial charge on any atom is -0.354 e. The molecule has 0 aromatic heterocycles. The molecule has 3 N–H and O–H groups in total. The highest BCUT2D eigenvalue weighted by molar-refractivity contribution is 5.76. The minimum absolute atomic E-state index is 0.145. The molecule has 0 saturated carbocycles. The first-order valence-electron chi connectivity index (χ1n) is 5.92. The summed E-state index contributed by atoms with van der Waals surface area (Å²) in [6.45, 7) is 6.95. The zero-order chi connectivity index (χ0) is 11.1. The van der Waals surface area contributed by atoms with E-state index in [9.17, 15) is 4.79 Å². The second kappa shape index (κ2) is 6.80. The lowest BCUT2D eigenvalue weighted by molar-refractivity contribution is -0.121. The van der Waals surface area contributed by atoms with Gasteiger partial charge in [0.25, 0.3) is 0 Å². The van der Waals surface area contributed by atoms with Crippen molar-refractivity contribution in [3.8, 4) is 0 Å². The molecule has 4 heteroatoms. The van der Waals surface area contributed by atoms with Gasteiger partial charge in [0.1, 0.15) is 0 Å². The van der Waals surface area contributed by atoms with Gasteiger partial charge in [-0.2, -0.15) is 0 Å². The molecule has 1 heterocycles. The topological polar surface area (TPSA) is 53.2 Å². The molecule has 1 amide bonds. The van der Waals surface area contributed by atoms with Crippen LogP contribution in [0.3, 0.4) is 0 Å². The van der Waals surface area contributed by atoms with E-state index in [-0.39, 0.29) is 11.9 Å². The summed E-state index contributed by atoms with van der Waals surface area (Å²) in [6, 6.07) is 0.842. The van der Waals surface area contributed by atoms with Gasteiger partial charge >= 0.3 is 0 Å². The summed E-state index contributed by atoms with van der Waals surface area (Å²) in [5.41, 5.74) is 0. The number of hydrogen-bond acceptors (Lipinski definition) is 3. The third-order valence-corrected chi connectivity index (χ3v) is 2.57. The average molecular weight is 213 g/mol. The van der Waals surface area contributed by atoms with Crippen molar-refractivity contribution in [1.82, 2.24) is 16.0 Å². The smallest absolute Gasteiger partial charge is 0.221 e. The summed E-state index contributed by atoms with van der Waals surface area (Å²) in [7, 11) is 0. The maximum atomic E-state index is 11.3. The third kappa shape index (κ3) is 5.74. The summed E-state index contributed by atoms with van der Waals surface area (Å²) in [6.07, 6.45) is 2.93. The lowest BCUT2D eigenvalue weighted by Gasteiger charge is -2.23. The predicted molar refractivity (Wildman–Crippen MR) is 61.8 cm³/mol. The van der Waals surface area contributed by atoms with Gasteiger partial charge in [-0.25, -0.2) is 0 Å². The van der Waals surface area contributed by atoms with Crippen LogP contribution in [0.4, 0.5) is 0 Å². The lowest BCUT2D eigenvalue weighted by Crippen LogP contribution is -2.41. The van der Waals surface area contributed by atoms with Gasteiger partial charge in [-0.15, -0.1) is 0 Å². The molecular formula is C11H23N3O. The van der Waals surface area contributed by atoms with Gasteiger partial charge in [-0.3, -0.25) is 4.79 Å². The Morgan fingerprint density at radius 2 is 2.07 bits per heavy atom. The third-order valence-electron chi connectivity index (χ3n) is 2.57. The fourth-order valence-electron chi connectivity index (χ4n) is 1.81. The predicted octanol–water partition coefficient (Wildman–Crippen LogP) is 0.243. The van der Waals surface area contributed by atoms with E-state index < -0.39 is 0 Å². The van der Waals surface area contributed by atoms with E-state index in [0.29, 0.717) is 12.5 Å². The molecule has 0 atom stereocenters. The summed E-state index contributed by atoms with van der Waals surface area (Å²) in [4.78, 5) is 11.3. The van der Waals surface area contributed by atoms with Crippen LogP contribution in [0.5, 0.6) is 0 Å². The second-order valence-electron chi connectivity index (χ2n) is 4.45. The van der Waals surface area contributed by atoms with Crippen LogP contribution in [0.15, 0.2) is 0 Å². The van der Waals surface area contributed by atoms with Gasteiger partial charge in [0.05, 0.1) is 0 Å². The van der Waals surface area contributed by atoms with Gasteiger partial charge in [0.2, 0.25) is 5.91 Å². The molecule has 1 fully saturated rings. The van der Waals surface area contributed by atoms with Crippen LogP contribution >= 0.6 is 0 Å². The molecule has 15 heavy (non-hydrogen) atoms. The van der Waals surface area contributed by atoms with E-state index in [1.54, 1.807) is 0 Å². The second-order valence-corrected chi connectivity index (χ2v) is 4.45. The van der Waals surface area contributed by atoms with Gasteiger partial charge in [-0.05, 0) is 39.8 Å². The monoisotopic (exact) mass is 213 g/mol. The normalized spacial score (nSPS) is 18.1. The van der Waals surface area contributed by atoms with Crippen molar-refractivity contribution in [2.75, 3.05) is 19.6 Å². The maximum absolute atomic E-state index is 11.3. The Bertz CT molecular complexity index is 188. The highest BCUT2D eigenvalue weighted by Crippen LogP contribution is 2.01. The summed E-state index contributed by atoms with van der Waals surface area (Å²) in [5, 5.41) is 9.63. The van der Waals surface area contributed by atoms with Gasteiger partial charge in [-0.1, -0.05) is 0 Å². The molecule has 1 aliphatic heterocycles. The zero-order valence-electron chi connectivity index (χ0n) is 9.81. The highest BCUT2D eigenvalue weighted by atomic mass is 16.1. The number of amides is 1. The van der Waals surface area contributed by atoms with Crippen molar-refractivity contribution in [3.63, 3.8) is 0 Å². The number of piperidine rings is 1. The van der Waals surface area contributed by atoms with Crippen LogP contribution < -0.4 is 16.0 Å². The fourth-order valence-corrected chi connectivity index (χ4v) is 1.81. The summed E-state index contributed by atoms with van der Waals surface area (Å²) < 4.78 is 0. The first-order chi connectivity index (χ1) is 7.18. The van der Waals surface area contributed by atoms with Crippen molar-refractivity contribution in [1.29, 1.82) is 0 Å². The molecule has 0 spiro atoms. The number of hydrogen-bond donors (Lipinski definition) is 3. The largest absolute Gasteiger partial charge is 0.354 e. The van der Waals surface area contributed by atoms with E-state index in [2.05, 4.69) is 16.0 Å². The lowest BCUT2D eigenvalue weighted by atomic mass is 10.1. The minimum atomic E-state index is 0.145. The zero-order valence-corrected chi connectivity index (χ0v) is 9.81. The van der Waals surface area contributed by atoms with Crippen LogP contribution in [-0.2, 0) is 4.79 Å². The Morgan fingerprint density at radius 3 is 2.67 bits per heavy atom. The summed E-state index contributed by atoms with van der Waals surface area (Å²) in [5.74, 6) is 0.145. The molecule has 0 radical (unpaired) electrons. The van der Waals surface area contributed by atoms with Crippen molar-refractivity contribution in [2.24, 2.45) is 0 Å². The molecule has 4 nitrogen and oxygen atoms in total. The number of carbonyl (C=O) groups excluding carboxylic acids is 1. The molecule has 1 aliphatic rings. The quantitative estimate of drug-likeness (QED) is 0.613. The number of rotatable bonds is 5.